The molecule has 0 aliphatic carbocycles. The van der Waals surface area contributed by atoms with Gasteiger partial charge in [-0.1, -0.05) is 46.5 Å². The Morgan fingerprint density at radius 3 is 2.68 bits per heavy atom. The lowest BCUT2D eigenvalue weighted by atomic mass is 9.90. The largest absolute Gasteiger partial charge is 0.352 e. The van der Waals surface area contributed by atoms with Crippen LogP contribution >= 0.6 is 0 Å². The lowest BCUT2D eigenvalue weighted by Crippen LogP contribution is -2.51. The fourth-order valence-corrected chi connectivity index (χ4v) is 2.96. The van der Waals surface area contributed by atoms with E-state index in [1.165, 1.54) is 25.7 Å². The number of amides is 1. The average molecular weight is 268 g/mol. The molecule has 0 aromatic heterocycles. The van der Waals surface area contributed by atoms with Crippen LogP contribution in [0.5, 0.6) is 0 Å². The van der Waals surface area contributed by atoms with E-state index in [-0.39, 0.29) is 11.9 Å². The molecule has 1 aliphatic heterocycles. The van der Waals surface area contributed by atoms with E-state index >= 15 is 0 Å². The Morgan fingerprint density at radius 1 is 1.26 bits per heavy atom. The maximum absolute atomic E-state index is 12.3. The van der Waals surface area contributed by atoms with Crippen LogP contribution in [0.15, 0.2) is 0 Å². The number of hydrogen-bond acceptors (Lipinski definition) is 2. The van der Waals surface area contributed by atoms with E-state index in [9.17, 15) is 4.79 Å². The van der Waals surface area contributed by atoms with Gasteiger partial charge in [0.1, 0.15) is 0 Å². The van der Waals surface area contributed by atoms with Gasteiger partial charge in [0.15, 0.2) is 0 Å². The molecule has 0 aromatic carbocycles. The zero-order chi connectivity index (χ0) is 14.1. The molecule has 19 heavy (non-hydrogen) atoms. The summed E-state index contributed by atoms with van der Waals surface area (Å²) < 4.78 is 0. The highest BCUT2D eigenvalue weighted by Gasteiger charge is 2.26. The SMILES string of the molecule is CCCCC(CCC)NC(=O)C1CC(CC)CCN1. The minimum Gasteiger partial charge on any atom is -0.352 e. The summed E-state index contributed by atoms with van der Waals surface area (Å²) in [6.07, 6.45) is 9.21. The molecule has 1 saturated heterocycles. The van der Waals surface area contributed by atoms with Crippen LogP contribution in [0.2, 0.25) is 0 Å². The van der Waals surface area contributed by atoms with Crippen molar-refractivity contribution in [2.45, 2.75) is 84.2 Å². The highest BCUT2D eigenvalue weighted by molar-refractivity contribution is 5.82. The van der Waals surface area contributed by atoms with Crippen molar-refractivity contribution >= 4 is 5.91 Å². The van der Waals surface area contributed by atoms with E-state index in [1.807, 2.05) is 0 Å². The third kappa shape index (κ3) is 5.94. The number of rotatable bonds is 8. The quantitative estimate of drug-likeness (QED) is 0.709. The number of carbonyl (C=O) groups is 1. The molecule has 0 radical (unpaired) electrons. The van der Waals surface area contributed by atoms with Gasteiger partial charge in [-0.2, -0.15) is 0 Å². The molecule has 0 bridgehead atoms. The molecule has 1 aliphatic rings. The van der Waals surface area contributed by atoms with Crippen molar-refractivity contribution in [2.75, 3.05) is 6.54 Å². The zero-order valence-corrected chi connectivity index (χ0v) is 13.0. The second-order valence-corrected chi connectivity index (χ2v) is 5.94. The molecule has 3 nitrogen and oxygen atoms in total. The van der Waals surface area contributed by atoms with Gasteiger partial charge in [-0.25, -0.2) is 0 Å². The fourth-order valence-electron chi connectivity index (χ4n) is 2.96. The summed E-state index contributed by atoms with van der Waals surface area (Å²) in [5.41, 5.74) is 0. The van der Waals surface area contributed by atoms with Crippen molar-refractivity contribution in [1.82, 2.24) is 10.6 Å². The second-order valence-electron chi connectivity index (χ2n) is 5.94. The molecule has 0 saturated carbocycles. The summed E-state index contributed by atoms with van der Waals surface area (Å²) in [7, 11) is 0. The third-order valence-electron chi connectivity index (χ3n) is 4.30. The van der Waals surface area contributed by atoms with Crippen LogP contribution in [-0.2, 0) is 4.79 Å². The molecule has 1 fully saturated rings. The monoisotopic (exact) mass is 268 g/mol. The Bertz CT molecular complexity index is 255. The normalized spacial score (nSPS) is 25.0. The van der Waals surface area contributed by atoms with E-state index in [1.54, 1.807) is 0 Å². The van der Waals surface area contributed by atoms with Gasteiger partial charge in [-0.3, -0.25) is 4.79 Å². The second kappa shape index (κ2) is 9.35. The van der Waals surface area contributed by atoms with E-state index in [4.69, 9.17) is 0 Å². The Hall–Kier alpha value is -0.570. The van der Waals surface area contributed by atoms with Crippen LogP contribution in [0, 0.1) is 5.92 Å². The Balaban J connectivity index is 2.41. The van der Waals surface area contributed by atoms with Gasteiger partial charge >= 0.3 is 0 Å². The van der Waals surface area contributed by atoms with Crippen molar-refractivity contribution in [1.29, 1.82) is 0 Å². The summed E-state index contributed by atoms with van der Waals surface area (Å²) in [5.74, 6) is 0.949. The molecular formula is C16H32N2O. The van der Waals surface area contributed by atoms with Crippen molar-refractivity contribution in [3.05, 3.63) is 0 Å². The van der Waals surface area contributed by atoms with Gasteiger partial charge < -0.3 is 10.6 Å². The molecule has 2 N–H and O–H groups in total. The first-order valence-corrected chi connectivity index (χ1v) is 8.24. The fraction of sp³-hybridized carbons (Fsp3) is 0.938. The van der Waals surface area contributed by atoms with Crippen LogP contribution in [0.25, 0.3) is 0 Å². The predicted octanol–water partition coefficient (Wildman–Crippen LogP) is 3.24. The van der Waals surface area contributed by atoms with Crippen LogP contribution in [-0.4, -0.2) is 24.5 Å². The van der Waals surface area contributed by atoms with Crippen LogP contribution in [0.3, 0.4) is 0 Å². The summed E-state index contributed by atoms with van der Waals surface area (Å²) >= 11 is 0. The molecule has 1 amide bonds. The maximum atomic E-state index is 12.3. The maximum Gasteiger partial charge on any atom is 0.237 e. The molecule has 0 spiro atoms. The number of carbonyl (C=O) groups excluding carboxylic acids is 1. The van der Waals surface area contributed by atoms with E-state index in [2.05, 4.69) is 31.4 Å². The zero-order valence-electron chi connectivity index (χ0n) is 13.0. The molecule has 112 valence electrons. The molecule has 1 rings (SSSR count). The minimum atomic E-state index is 0.0414. The Labute approximate surface area is 118 Å². The number of nitrogens with one attached hydrogen (secondary N) is 2. The van der Waals surface area contributed by atoms with Crippen molar-refractivity contribution in [3.63, 3.8) is 0 Å². The van der Waals surface area contributed by atoms with E-state index in [0.29, 0.717) is 6.04 Å². The van der Waals surface area contributed by atoms with E-state index < -0.39 is 0 Å². The number of unbranched alkanes of at least 4 members (excludes halogenated alkanes) is 1. The first-order valence-electron chi connectivity index (χ1n) is 8.24. The summed E-state index contributed by atoms with van der Waals surface area (Å²) in [5, 5.41) is 6.64. The van der Waals surface area contributed by atoms with Crippen LogP contribution in [0.4, 0.5) is 0 Å². The van der Waals surface area contributed by atoms with Gasteiger partial charge in [0.2, 0.25) is 5.91 Å². The third-order valence-corrected chi connectivity index (χ3v) is 4.30. The van der Waals surface area contributed by atoms with Gasteiger partial charge in [-0.05, 0) is 38.1 Å². The van der Waals surface area contributed by atoms with Gasteiger partial charge in [0.25, 0.3) is 0 Å². The minimum absolute atomic E-state index is 0.0414. The lowest BCUT2D eigenvalue weighted by molar-refractivity contribution is -0.124. The standard InChI is InChI=1S/C16H32N2O/c1-4-7-9-14(8-5-2)18-16(19)15-12-13(6-3)10-11-17-15/h13-15,17H,4-12H2,1-3H3,(H,18,19). The van der Waals surface area contributed by atoms with Crippen LogP contribution in [0.1, 0.15) is 72.1 Å². The van der Waals surface area contributed by atoms with Crippen molar-refractivity contribution in [2.24, 2.45) is 5.92 Å². The smallest absolute Gasteiger partial charge is 0.237 e. The highest BCUT2D eigenvalue weighted by Crippen LogP contribution is 2.19. The molecule has 3 atom stereocenters. The highest BCUT2D eigenvalue weighted by atomic mass is 16.2. The topological polar surface area (TPSA) is 41.1 Å². The molecule has 3 heteroatoms. The summed E-state index contributed by atoms with van der Waals surface area (Å²) in [6.45, 7) is 7.62. The van der Waals surface area contributed by atoms with E-state index in [0.717, 1.165) is 38.1 Å². The van der Waals surface area contributed by atoms with Crippen molar-refractivity contribution in [3.8, 4) is 0 Å². The van der Waals surface area contributed by atoms with Crippen LogP contribution < -0.4 is 10.6 Å². The van der Waals surface area contributed by atoms with Crippen molar-refractivity contribution < 1.29 is 4.79 Å². The number of piperidine rings is 1. The van der Waals surface area contributed by atoms with Gasteiger partial charge in [0.05, 0.1) is 6.04 Å². The molecular weight excluding hydrogens is 236 g/mol. The van der Waals surface area contributed by atoms with Gasteiger partial charge in [0, 0.05) is 6.04 Å². The Kier molecular flexibility index (Phi) is 8.11. The average Bonchev–Trinajstić information content (AvgIpc) is 2.45. The molecule has 1 heterocycles. The number of hydrogen-bond donors (Lipinski definition) is 2. The summed E-state index contributed by atoms with van der Waals surface area (Å²) in [6, 6.07) is 0.418. The molecule has 3 unspecified atom stereocenters. The van der Waals surface area contributed by atoms with Gasteiger partial charge in [-0.15, -0.1) is 0 Å². The summed E-state index contributed by atoms with van der Waals surface area (Å²) in [4.78, 5) is 12.3. The Morgan fingerprint density at radius 2 is 2.05 bits per heavy atom. The predicted molar refractivity (Wildman–Crippen MR) is 81.2 cm³/mol. The first-order chi connectivity index (χ1) is 9.21. The lowest BCUT2D eigenvalue weighted by Gasteiger charge is -2.30. The first kappa shape index (κ1) is 16.5. The molecule has 0 aromatic rings.